The Morgan fingerprint density at radius 1 is 0.939 bits per heavy atom. The molecule has 1 aliphatic carbocycles. The third kappa shape index (κ3) is 4.43. The number of hydrogen-bond acceptors (Lipinski definition) is 4. The zero-order chi connectivity index (χ0) is 23.5. The molecule has 4 rings (SSSR count). The van der Waals surface area contributed by atoms with E-state index in [1.54, 1.807) is 19.1 Å². The Hall–Kier alpha value is -4.13. The molecule has 0 bridgehead atoms. The molecule has 3 aromatic rings. The zero-order valence-electron chi connectivity index (χ0n) is 18.3. The SMILES string of the molecule is Cc1cccc(NC(=O)C(C)NC(=O)OCC2c3ccccc3-c3ccccc32)c1C(=O)O. The third-order valence-corrected chi connectivity index (χ3v) is 5.82. The molecule has 168 valence electrons. The maximum absolute atomic E-state index is 12.5. The Morgan fingerprint density at radius 2 is 1.55 bits per heavy atom. The van der Waals surface area contributed by atoms with Crippen molar-refractivity contribution in [2.24, 2.45) is 0 Å². The maximum atomic E-state index is 12.5. The van der Waals surface area contributed by atoms with Crippen LogP contribution in [0.1, 0.15) is 39.9 Å². The number of alkyl carbamates (subject to hydrolysis) is 1. The fourth-order valence-corrected chi connectivity index (χ4v) is 4.18. The highest BCUT2D eigenvalue weighted by Gasteiger charge is 2.29. The number of carbonyl (C=O) groups is 3. The molecule has 1 atom stereocenters. The molecule has 3 N–H and O–H groups in total. The average Bonchev–Trinajstić information content (AvgIpc) is 3.11. The van der Waals surface area contributed by atoms with Gasteiger partial charge in [-0.25, -0.2) is 9.59 Å². The topological polar surface area (TPSA) is 105 Å². The highest BCUT2D eigenvalue weighted by atomic mass is 16.5. The Balaban J connectivity index is 1.39. The second kappa shape index (κ2) is 9.16. The molecule has 0 saturated carbocycles. The molecule has 0 heterocycles. The lowest BCUT2D eigenvalue weighted by Crippen LogP contribution is -2.42. The number of carboxylic acid groups (broad SMARTS) is 1. The predicted octanol–water partition coefficient (Wildman–Crippen LogP) is 4.56. The fourth-order valence-electron chi connectivity index (χ4n) is 4.18. The maximum Gasteiger partial charge on any atom is 0.407 e. The van der Waals surface area contributed by atoms with E-state index in [9.17, 15) is 19.5 Å². The fraction of sp³-hybridized carbons (Fsp3) is 0.192. The van der Waals surface area contributed by atoms with Crippen molar-refractivity contribution in [3.8, 4) is 11.1 Å². The van der Waals surface area contributed by atoms with Gasteiger partial charge in [0, 0.05) is 5.92 Å². The molecule has 1 aliphatic rings. The monoisotopic (exact) mass is 444 g/mol. The van der Waals surface area contributed by atoms with Crippen LogP contribution in [0, 0.1) is 6.92 Å². The molecule has 3 aromatic carbocycles. The zero-order valence-corrected chi connectivity index (χ0v) is 18.3. The summed E-state index contributed by atoms with van der Waals surface area (Å²) in [6, 6.07) is 19.9. The molecular weight excluding hydrogens is 420 g/mol. The minimum absolute atomic E-state index is 0.0131. The van der Waals surface area contributed by atoms with Crippen LogP contribution in [0.5, 0.6) is 0 Å². The van der Waals surface area contributed by atoms with Gasteiger partial charge in [0.1, 0.15) is 12.6 Å². The minimum Gasteiger partial charge on any atom is -0.478 e. The summed E-state index contributed by atoms with van der Waals surface area (Å²) in [6.45, 7) is 3.29. The Kier molecular flexibility index (Phi) is 6.13. The summed E-state index contributed by atoms with van der Waals surface area (Å²) < 4.78 is 5.47. The van der Waals surface area contributed by atoms with Gasteiger partial charge < -0.3 is 20.5 Å². The number of nitrogens with one attached hydrogen (secondary N) is 2. The van der Waals surface area contributed by atoms with E-state index in [-0.39, 0.29) is 23.8 Å². The van der Waals surface area contributed by atoms with E-state index in [0.717, 1.165) is 22.3 Å². The number of hydrogen-bond donors (Lipinski definition) is 3. The van der Waals surface area contributed by atoms with Crippen LogP contribution in [0.15, 0.2) is 66.7 Å². The van der Waals surface area contributed by atoms with Crippen LogP contribution in [0.25, 0.3) is 11.1 Å². The van der Waals surface area contributed by atoms with Crippen LogP contribution >= 0.6 is 0 Å². The highest BCUT2D eigenvalue weighted by molar-refractivity contribution is 6.03. The quantitative estimate of drug-likeness (QED) is 0.517. The molecule has 0 fully saturated rings. The molecule has 0 aliphatic heterocycles. The number of ether oxygens (including phenoxy) is 1. The van der Waals surface area contributed by atoms with Gasteiger partial charge in [-0.2, -0.15) is 0 Å². The first-order valence-corrected chi connectivity index (χ1v) is 10.6. The molecule has 0 spiro atoms. The Bertz CT molecular complexity index is 1190. The van der Waals surface area contributed by atoms with Crippen molar-refractivity contribution in [2.45, 2.75) is 25.8 Å². The van der Waals surface area contributed by atoms with Gasteiger partial charge in [0.15, 0.2) is 0 Å². The van der Waals surface area contributed by atoms with Crippen LogP contribution in [-0.4, -0.2) is 35.7 Å². The van der Waals surface area contributed by atoms with Crippen LogP contribution in [0.2, 0.25) is 0 Å². The summed E-state index contributed by atoms with van der Waals surface area (Å²) in [7, 11) is 0. The van der Waals surface area contributed by atoms with Crippen molar-refractivity contribution in [3.05, 3.63) is 89.0 Å². The van der Waals surface area contributed by atoms with Gasteiger partial charge >= 0.3 is 12.1 Å². The van der Waals surface area contributed by atoms with Crippen LogP contribution in [0.3, 0.4) is 0 Å². The van der Waals surface area contributed by atoms with E-state index in [1.165, 1.54) is 13.0 Å². The van der Waals surface area contributed by atoms with E-state index < -0.39 is 24.0 Å². The summed E-state index contributed by atoms with van der Waals surface area (Å²) in [5.41, 5.74) is 5.16. The lowest BCUT2D eigenvalue weighted by Gasteiger charge is -2.18. The molecule has 2 amide bonds. The number of carboxylic acids is 1. The molecule has 0 saturated heterocycles. The summed E-state index contributed by atoms with van der Waals surface area (Å²) in [5, 5.41) is 14.5. The highest BCUT2D eigenvalue weighted by Crippen LogP contribution is 2.44. The summed E-state index contributed by atoms with van der Waals surface area (Å²) in [6.07, 6.45) is -0.720. The number of benzene rings is 3. The van der Waals surface area contributed by atoms with Crippen molar-refractivity contribution in [2.75, 3.05) is 11.9 Å². The number of amides is 2. The van der Waals surface area contributed by atoms with Crippen molar-refractivity contribution in [3.63, 3.8) is 0 Å². The lowest BCUT2D eigenvalue weighted by atomic mass is 9.98. The summed E-state index contributed by atoms with van der Waals surface area (Å²) in [4.78, 5) is 36.5. The second-order valence-electron chi connectivity index (χ2n) is 7.98. The molecular formula is C26H24N2O5. The van der Waals surface area contributed by atoms with E-state index in [2.05, 4.69) is 22.8 Å². The minimum atomic E-state index is -1.14. The number of fused-ring (bicyclic) bond motifs is 3. The first-order chi connectivity index (χ1) is 15.9. The van der Waals surface area contributed by atoms with E-state index >= 15 is 0 Å². The first-order valence-electron chi connectivity index (χ1n) is 10.6. The van der Waals surface area contributed by atoms with Gasteiger partial charge in [0.05, 0.1) is 11.3 Å². The van der Waals surface area contributed by atoms with Gasteiger partial charge in [0.25, 0.3) is 0 Å². The average molecular weight is 444 g/mol. The summed E-state index contributed by atoms with van der Waals surface area (Å²) >= 11 is 0. The smallest absolute Gasteiger partial charge is 0.407 e. The third-order valence-electron chi connectivity index (χ3n) is 5.82. The van der Waals surface area contributed by atoms with Crippen LogP contribution in [0.4, 0.5) is 10.5 Å². The molecule has 7 nitrogen and oxygen atoms in total. The molecule has 1 unspecified atom stereocenters. The number of carbonyl (C=O) groups excluding carboxylic acids is 2. The normalized spacial score (nSPS) is 12.9. The number of rotatable bonds is 6. The van der Waals surface area contributed by atoms with Gasteiger partial charge in [-0.1, -0.05) is 60.7 Å². The molecule has 7 heteroatoms. The van der Waals surface area contributed by atoms with Crippen molar-refractivity contribution in [1.29, 1.82) is 0 Å². The molecule has 33 heavy (non-hydrogen) atoms. The van der Waals surface area contributed by atoms with Gasteiger partial charge in [-0.05, 0) is 47.7 Å². The van der Waals surface area contributed by atoms with Crippen LogP contribution in [-0.2, 0) is 9.53 Å². The second-order valence-corrected chi connectivity index (χ2v) is 7.98. The van der Waals surface area contributed by atoms with Crippen LogP contribution < -0.4 is 10.6 Å². The van der Waals surface area contributed by atoms with Gasteiger partial charge in [-0.3, -0.25) is 4.79 Å². The Morgan fingerprint density at radius 3 is 2.15 bits per heavy atom. The van der Waals surface area contributed by atoms with Gasteiger partial charge in [-0.15, -0.1) is 0 Å². The van der Waals surface area contributed by atoms with E-state index in [0.29, 0.717) is 5.56 Å². The van der Waals surface area contributed by atoms with Crippen molar-refractivity contribution in [1.82, 2.24) is 5.32 Å². The Labute approximate surface area is 191 Å². The standard InChI is InChI=1S/C26H24N2O5/c1-15-8-7-13-22(23(15)25(30)31)28-24(29)16(2)27-26(32)33-14-21-19-11-5-3-9-17(19)18-10-4-6-12-20(18)21/h3-13,16,21H,14H2,1-2H3,(H,27,32)(H,28,29)(H,30,31). The van der Waals surface area contributed by atoms with Crippen molar-refractivity contribution >= 4 is 23.7 Å². The van der Waals surface area contributed by atoms with E-state index in [4.69, 9.17) is 4.74 Å². The van der Waals surface area contributed by atoms with E-state index in [1.807, 2.05) is 36.4 Å². The predicted molar refractivity (Wildman–Crippen MR) is 124 cm³/mol. The molecule has 0 radical (unpaired) electrons. The van der Waals surface area contributed by atoms with Crippen molar-refractivity contribution < 1.29 is 24.2 Å². The summed E-state index contributed by atoms with van der Waals surface area (Å²) in [5.74, 6) is -1.77. The number of aromatic carboxylic acids is 1. The van der Waals surface area contributed by atoms with Gasteiger partial charge in [0.2, 0.25) is 5.91 Å². The lowest BCUT2D eigenvalue weighted by molar-refractivity contribution is -0.117. The number of anilines is 1. The molecule has 0 aromatic heterocycles. The first kappa shape index (κ1) is 22.1. The number of aryl methyl sites for hydroxylation is 1. The largest absolute Gasteiger partial charge is 0.478 e.